The summed E-state index contributed by atoms with van der Waals surface area (Å²) in [5, 5.41) is 3.60. The minimum absolute atomic E-state index is 0.0176. The van der Waals surface area contributed by atoms with Crippen LogP contribution in [0.2, 0.25) is 10.0 Å². The molecule has 2 aliphatic rings. The Labute approximate surface area is 173 Å². The second-order valence-electron chi connectivity index (χ2n) is 7.47. The minimum Gasteiger partial charge on any atom is -0.457 e. The van der Waals surface area contributed by atoms with E-state index in [2.05, 4.69) is 10.3 Å². The number of aromatic nitrogens is 1. The number of pyridine rings is 1. The van der Waals surface area contributed by atoms with Crippen LogP contribution in [0.15, 0.2) is 30.5 Å². The van der Waals surface area contributed by atoms with E-state index in [9.17, 15) is 9.59 Å². The van der Waals surface area contributed by atoms with Crippen molar-refractivity contribution < 1.29 is 14.3 Å². The lowest BCUT2D eigenvalue weighted by Crippen LogP contribution is -2.14. The number of carbonyl (C=O) groups is 2. The molecule has 28 heavy (non-hydrogen) atoms. The molecule has 2 aliphatic carbocycles. The predicted octanol–water partition coefficient (Wildman–Crippen LogP) is 5.44. The Hall–Kier alpha value is -2.11. The number of nitrogens with zero attached hydrogens (tertiary/aromatic N) is 1. The van der Waals surface area contributed by atoms with E-state index in [4.69, 9.17) is 27.9 Å². The average molecular weight is 419 g/mol. The van der Waals surface area contributed by atoms with Crippen LogP contribution in [0.3, 0.4) is 0 Å². The molecule has 2 fully saturated rings. The molecule has 0 unspecified atom stereocenters. The number of rotatable bonds is 8. The van der Waals surface area contributed by atoms with Crippen LogP contribution in [0.4, 0.5) is 5.82 Å². The van der Waals surface area contributed by atoms with E-state index in [1.165, 1.54) is 0 Å². The van der Waals surface area contributed by atoms with Gasteiger partial charge in [-0.25, -0.2) is 4.98 Å². The molecule has 1 aromatic heterocycles. The number of anilines is 1. The van der Waals surface area contributed by atoms with E-state index >= 15 is 0 Å². The molecule has 1 amide bonds. The van der Waals surface area contributed by atoms with Crippen LogP contribution < -0.4 is 10.1 Å². The molecule has 0 atom stereocenters. The van der Waals surface area contributed by atoms with Gasteiger partial charge >= 0.3 is 0 Å². The molecule has 0 bridgehead atoms. The summed E-state index contributed by atoms with van der Waals surface area (Å²) < 4.78 is 5.83. The van der Waals surface area contributed by atoms with Gasteiger partial charge in [0.2, 0.25) is 5.91 Å². The van der Waals surface area contributed by atoms with Gasteiger partial charge in [0.1, 0.15) is 23.1 Å². The van der Waals surface area contributed by atoms with E-state index in [1.807, 2.05) is 0 Å². The van der Waals surface area contributed by atoms with Crippen molar-refractivity contribution in [2.75, 3.05) is 5.32 Å². The van der Waals surface area contributed by atoms with Gasteiger partial charge in [-0.2, -0.15) is 0 Å². The molecule has 7 heteroatoms. The molecule has 0 radical (unpaired) electrons. The van der Waals surface area contributed by atoms with Crippen molar-refractivity contribution >= 4 is 40.7 Å². The van der Waals surface area contributed by atoms with Crippen molar-refractivity contribution in [2.45, 2.75) is 38.5 Å². The molecule has 5 nitrogen and oxygen atoms in total. The number of benzene rings is 1. The summed E-state index contributed by atoms with van der Waals surface area (Å²) in [5.74, 6) is 2.17. The number of halogens is 2. The first-order valence-corrected chi connectivity index (χ1v) is 10.2. The Kier molecular flexibility index (Phi) is 5.56. The van der Waals surface area contributed by atoms with Crippen molar-refractivity contribution in [1.82, 2.24) is 4.98 Å². The van der Waals surface area contributed by atoms with E-state index in [0.717, 1.165) is 25.7 Å². The Morgan fingerprint density at radius 1 is 1.07 bits per heavy atom. The molecular weight excluding hydrogens is 399 g/mol. The second kappa shape index (κ2) is 8.10. The van der Waals surface area contributed by atoms with Crippen LogP contribution in [0.5, 0.6) is 11.5 Å². The van der Waals surface area contributed by atoms with Crippen molar-refractivity contribution in [1.29, 1.82) is 0 Å². The van der Waals surface area contributed by atoms with Crippen LogP contribution >= 0.6 is 23.2 Å². The topological polar surface area (TPSA) is 68.3 Å². The van der Waals surface area contributed by atoms with Crippen molar-refractivity contribution in [3.63, 3.8) is 0 Å². The number of hydrogen-bond acceptors (Lipinski definition) is 4. The number of amides is 1. The third-order valence-corrected chi connectivity index (χ3v) is 5.54. The van der Waals surface area contributed by atoms with Gasteiger partial charge in [-0.05, 0) is 55.4 Å². The summed E-state index contributed by atoms with van der Waals surface area (Å²) in [6.07, 6.45) is 6.51. The Morgan fingerprint density at radius 3 is 2.43 bits per heavy atom. The van der Waals surface area contributed by atoms with Crippen molar-refractivity contribution in [2.24, 2.45) is 11.8 Å². The maximum atomic E-state index is 12.1. The van der Waals surface area contributed by atoms with Gasteiger partial charge in [-0.3, -0.25) is 9.59 Å². The average Bonchev–Trinajstić information content (AvgIpc) is 3.52. The molecule has 0 spiro atoms. The number of carbonyl (C=O) groups excluding carboxylic acids is 2. The molecule has 1 heterocycles. The Bertz CT molecular complexity index is 901. The van der Waals surface area contributed by atoms with E-state index in [1.54, 1.807) is 30.5 Å². The molecular formula is C21H20Cl2N2O3. The molecule has 1 N–H and O–H groups in total. The van der Waals surface area contributed by atoms with Crippen LogP contribution in [0.25, 0.3) is 0 Å². The zero-order valence-electron chi connectivity index (χ0n) is 15.2. The lowest BCUT2D eigenvalue weighted by molar-refractivity contribution is -0.119. The largest absolute Gasteiger partial charge is 0.457 e. The fourth-order valence-electron chi connectivity index (χ4n) is 2.97. The maximum absolute atomic E-state index is 12.1. The maximum Gasteiger partial charge on any atom is 0.228 e. The van der Waals surface area contributed by atoms with Crippen LogP contribution in [-0.4, -0.2) is 16.7 Å². The first kappa shape index (κ1) is 19.2. The van der Waals surface area contributed by atoms with E-state index in [-0.39, 0.29) is 24.0 Å². The van der Waals surface area contributed by atoms with E-state index < -0.39 is 0 Å². The summed E-state index contributed by atoms with van der Waals surface area (Å²) in [5.41, 5.74) is 0.633. The Morgan fingerprint density at radius 2 is 1.79 bits per heavy atom. The predicted molar refractivity (Wildman–Crippen MR) is 108 cm³/mol. The zero-order chi connectivity index (χ0) is 19.7. The van der Waals surface area contributed by atoms with Gasteiger partial charge in [0.05, 0.1) is 0 Å². The highest BCUT2D eigenvalue weighted by molar-refractivity contribution is 6.36. The molecule has 2 aromatic rings. The van der Waals surface area contributed by atoms with Crippen LogP contribution in [0.1, 0.15) is 37.7 Å². The number of ketones is 1. The van der Waals surface area contributed by atoms with Crippen LogP contribution in [0, 0.1) is 11.8 Å². The van der Waals surface area contributed by atoms with E-state index in [0.29, 0.717) is 45.3 Å². The number of hydrogen-bond donors (Lipinski definition) is 1. The molecule has 1 aromatic carbocycles. The van der Waals surface area contributed by atoms with Gasteiger partial charge in [0, 0.05) is 41.1 Å². The number of nitrogens with one attached hydrogen (secondary N) is 1. The number of ether oxygens (including phenoxy) is 1. The normalized spacial score (nSPS) is 15.9. The summed E-state index contributed by atoms with van der Waals surface area (Å²) >= 11 is 12.7. The van der Waals surface area contributed by atoms with Gasteiger partial charge < -0.3 is 10.1 Å². The van der Waals surface area contributed by atoms with Gasteiger partial charge in [-0.1, -0.05) is 23.2 Å². The summed E-state index contributed by atoms with van der Waals surface area (Å²) in [6.45, 7) is 0. The highest BCUT2D eigenvalue weighted by Crippen LogP contribution is 2.36. The standard InChI is InChI=1S/C21H20Cl2N2O3/c22-18-9-16(10-19(23)17(18)8-14(26)7-12-1-2-12)28-15-5-6-24-20(11-15)25-21(27)13-3-4-13/h5-6,9-13H,1-4,7-8H2,(H,24,25,27). The first-order chi connectivity index (χ1) is 13.5. The first-order valence-electron chi connectivity index (χ1n) is 9.42. The van der Waals surface area contributed by atoms with Gasteiger partial charge in [0.25, 0.3) is 0 Å². The second-order valence-corrected chi connectivity index (χ2v) is 8.29. The third-order valence-electron chi connectivity index (χ3n) is 4.87. The van der Waals surface area contributed by atoms with Crippen molar-refractivity contribution in [3.8, 4) is 11.5 Å². The SMILES string of the molecule is O=C(Cc1c(Cl)cc(Oc2ccnc(NC(=O)C3CC3)c2)cc1Cl)CC1CC1. The van der Waals surface area contributed by atoms with Crippen molar-refractivity contribution in [3.05, 3.63) is 46.1 Å². The minimum atomic E-state index is -0.0176. The smallest absolute Gasteiger partial charge is 0.228 e. The lowest BCUT2D eigenvalue weighted by Gasteiger charge is -2.12. The fraction of sp³-hybridized carbons (Fsp3) is 0.381. The highest BCUT2D eigenvalue weighted by Gasteiger charge is 2.30. The van der Waals surface area contributed by atoms with Crippen LogP contribution in [-0.2, 0) is 16.0 Å². The van der Waals surface area contributed by atoms with Gasteiger partial charge in [-0.15, -0.1) is 0 Å². The zero-order valence-corrected chi connectivity index (χ0v) is 16.7. The third kappa shape index (κ3) is 5.03. The quantitative estimate of drug-likeness (QED) is 0.619. The monoisotopic (exact) mass is 418 g/mol. The highest BCUT2D eigenvalue weighted by atomic mass is 35.5. The van der Waals surface area contributed by atoms with Gasteiger partial charge in [0.15, 0.2) is 0 Å². The molecule has 0 aliphatic heterocycles. The summed E-state index contributed by atoms with van der Waals surface area (Å²) in [7, 11) is 0. The fourth-order valence-corrected chi connectivity index (χ4v) is 3.57. The molecule has 0 saturated heterocycles. The summed E-state index contributed by atoms with van der Waals surface area (Å²) in [4.78, 5) is 28.1. The Balaban J connectivity index is 1.44. The molecule has 146 valence electrons. The molecule has 2 saturated carbocycles. The molecule has 4 rings (SSSR count). The lowest BCUT2D eigenvalue weighted by atomic mass is 10.0. The number of Topliss-reactive ketones (excluding diaryl/α,β-unsaturated/α-hetero) is 1. The summed E-state index contributed by atoms with van der Waals surface area (Å²) in [6, 6.07) is 6.63.